The molecule has 1 aliphatic heterocycles. The first-order valence-electron chi connectivity index (χ1n) is 11.3. The van der Waals surface area contributed by atoms with Gasteiger partial charge in [-0.25, -0.2) is 0 Å². The van der Waals surface area contributed by atoms with E-state index in [1.54, 1.807) is 38.1 Å². The van der Waals surface area contributed by atoms with E-state index in [0.29, 0.717) is 33.3 Å². The van der Waals surface area contributed by atoms with Gasteiger partial charge >= 0.3 is 0 Å². The van der Waals surface area contributed by atoms with Crippen molar-refractivity contribution in [2.45, 2.75) is 13.8 Å². The maximum absolute atomic E-state index is 10.4. The van der Waals surface area contributed by atoms with Crippen LogP contribution in [0.25, 0.3) is 21.9 Å². The summed E-state index contributed by atoms with van der Waals surface area (Å²) in [7, 11) is 0. The van der Waals surface area contributed by atoms with E-state index in [4.69, 9.17) is 28.0 Å². The van der Waals surface area contributed by atoms with Crippen molar-refractivity contribution < 1.29 is 38.2 Å². The molecule has 12 heteroatoms. The van der Waals surface area contributed by atoms with Gasteiger partial charge in [0.15, 0.2) is 11.2 Å². The number of fused-ring (bicyclic) bond motifs is 12. The van der Waals surface area contributed by atoms with Crippen LogP contribution >= 0.6 is 0 Å². The van der Waals surface area contributed by atoms with Crippen LogP contribution in [-0.4, -0.2) is 30.5 Å². The van der Waals surface area contributed by atoms with Crippen LogP contribution in [0.4, 0.5) is 0 Å². The number of phenols is 2. The van der Waals surface area contributed by atoms with E-state index in [1.165, 1.54) is 24.3 Å². The first-order chi connectivity index (χ1) is 18.4. The normalized spacial score (nSPS) is 12.5. The monoisotopic (exact) mass is 512 g/mol. The second-order valence-electron chi connectivity index (χ2n) is 8.55. The summed E-state index contributed by atoms with van der Waals surface area (Å²) in [6, 6.07) is 11.8. The lowest BCUT2D eigenvalue weighted by Gasteiger charge is -2.14. The number of aryl methyl sites for hydroxylation is 2. The number of pyridine rings is 2. The van der Waals surface area contributed by atoms with Gasteiger partial charge in [0.2, 0.25) is 23.5 Å². The zero-order valence-corrected chi connectivity index (χ0v) is 19.8. The molecule has 0 saturated heterocycles. The fourth-order valence-corrected chi connectivity index (χ4v) is 4.16. The molecule has 2 aromatic carbocycles. The molecule has 5 heterocycles. The molecule has 0 atom stereocenters. The van der Waals surface area contributed by atoms with E-state index in [1.807, 2.05) is 0 Å². The summed E-state index contributed by atoms with van der Waals surface area (Å²) in [5.74, 6) is 1.05. The van der Waals surface area contributed by atoms with Gasteiger partial charge in [0.25, 0.3) is 0 Å². The Kier molecular flexibility index (Phi) is 4.57. The van der Waals surface area contributed by atoms with Crippen LogP contribution in [0.2, 0.25) is 0 Å². The van der Waals surface area contributed by atoms with Crippen LogP contribution in [0, 0.1) is 13.8 Å². The molecule has 0 radical (unpaired) electrons. The van der Waals surface area contributed by atoms with Crippen molar-refractivity contribution in [2.75, 3.05) is 0 Å². The van der Waals surface area contributed by atoms with Crippen molar-refractivity contribution in [3.05, 3.63) is 59.9 Å². The van der Waals surface area contributed by atoms with Crippen LogP contribution < -0.4 is 18.9 Å². The third kappa shape index (κ3) is 3.71. The molecule has 6 aromatic rings. The van der Waals surface area contributed by atoms with Gasteiger partial charge < -0.3 is 38.2 Å². The van der Waals surface area contributed by atoms with Gasteiger partial charge in [-0.15, -0.1) is 0 Å². The topological polar surface area (TPSA) is 155 Å². The van der Waals surface area contributed by atoms with Crippen molar-refractivity contribution >= 4 is 21.9 Å². The predicted octanol–water partition coefficient (Wildman–Crippen LogP) is 6.27. The summed E-state index contributed by atoms with van der Waals surface area (Å²) in [6.07, 6.45) is 0. The van der Waals surface area contributed by atoms with E-state index in [0.717, 1.165) is 0 Å². The molecule has 0 saturated carbocycles. The molecule has 8 bridgehead atoms. The number of aromatic nitrogens is 4. The van der Waals surface area contributed by atoms with E-state index in [2.05, 4.69) is 20.3 Å². The average molecular weight is 512 g/mol. The van der Waals surface area contributed by atoms with Crippen LogP contribution in [0.15, 0.2) is 57.6 Å². The van der Waals surface area contributed by atoms with E-state index in [-0.39, 0.29) is 58.0 Å². The van der Waals surface area contributed by atoms with Gasteiger partial charge in [-0.05, 0) is 13.8 Å². The average Bonchev–Trinajstić information content (AvgIpc) is 3.40. The van der Waals surface area contributed by atoms with Crippen molar-refractivity contribution in [3.63, 3.8) is 0 Å². The van der Waals surface area contributed by atoms with Crippen molar-refractivity contribution in [1.29, 1.82) is 0 Å². The lowest BCUT2D eigenvalue weighted by atomic mass is 10.2. The minimum Gasteiger partial charge on any atom is -0.508 e. The first kappa shape index (κ1) is 21.7. The number of nitrogens with zero attached hydrogens (tertiary/aromatic N) is 4. The Morgan fingerprint density at radius 1 is 0.526 bits per heavy atom. The van der Waals surface area contributed by atoms with Crippen LogP contribution in [0.5, 0.6) is 58.0 Å². The van der Waals surface area contributed by atoms with Crippen molar-refractivity contribution in [2.24, 2.45) is 0 Å². The summed E-state index contributed by atoms with van der Waals surface area (Å²) < 4.78 is 34.8. The van der Waals surface area contributed by atoms with Gasteiger partial charge in [-0.3, -0.25) is 0 Å². The number of aromatic hydroxyl groups is 2. The van der Waals surface area contributed by atoms with Crippen LogP contribution in [-0.2, 0) is 0 Å². The summed E-state index contributed by atoms with van der Waals surface area (Å²) in [5.41, 5.74) is 1.81. The van der Waals surface area contributed by atoms with Crippen LogP contribution in [0.1, 0.15) is 11.4 Å². The molecule has 0 spiro atoms. The number of ether oxygens (including phenoxy) is 4. The Morgan fingerprint density at radius 3 is 1.34 bits per heavy atom. The van der Waals surface area contributed by atoms with Crippen LogP contribution in [0.3, 0.4) is 0 Å². The third-order valence-corrected chi connectivity index (χ3v) is 5.74. The molecule has 12 nitrogen and oxygen atoms in total. The molecule has 38 heavy (non-hydrogen) atoms. The number of benzene rings is 2. The molecule has 0 aliphatic carbocycles. The first-order valence-corrected chi connectivity index (χ1v) is 11.3. The number of hydrogen-bond donors (Lipinski definition) is 2. The molecule has 4 aromatic heterocycles. The summed E-state index contributed by atoms with van der Waals surface area (Å²) in [6.45, 7) is 3.49. The second kappa shape index (κ2) is 8.00. The Morgan fingerprint density at radius 2 is 0.921 bits per heavy atom. The Hall–Kier alpha value is -5.52. The van der Waals surface area contributed by atoms with E-state index < -0.39 is 0 Å². The van der Waals surface area contributed by atoms with Gasteiger partial charge in [0, 0.05) is 48.5 Å². The quantitative estimate of drug-likeness (QED) is 0.235. The largest absolute Gasteiger partial charge is 0.508 e. The summed E-state index contributed by atoms with van der Waals surface area (Å²) in [4.78, 5) is 8.95. The number of phenolic OH excluding ortho intramolecular Hbond substituents is 2. The molecule has 1 aliphatic rings. The van der Waals surface area contributed by atoms with Crippen molar-refractivity contribution in [1.82, 2.24) is 20.3 Å². The Balaban J connectivity index is 1.46. The third-order valence-electron chi connectivity index (χ3n) is 5.74. The molecule has 2 N–H and O–H groups in total. The van der Waals surface area contributed by atoms with Gasteiger partial charge in [-0.2, -0.15) is 9.97 Å². The molecule has 188 valence electrons. The standard InChI is InChI=1S/C26H16N4O8/c1-11-23-19(37-29-11)9-21-27-25(23)35-17-5-14(32)6-18(8-17)36-26-24-12(2)30-38-20(24)10-22(28-26)34-16-4-13(31)3-15(7-16)33-21/h3-10,31-32H,1-2H3. The molecule has 7 rings (SSSR count). The highest BCUT2D eigenvalue weighted by Crippen LogP contribution is 2.41. The highest BCUT2D eigenvalue weighted by molar-refractivity contribution is 5.86. The fraction of sp³-hybridized carbons (Fsp3) is 0.0769. The zero-order valence-electron chi connectivity index (χ0n) is 19.8. The highest BCUT2D eigenvalue weighted by Gasteiger charge is 2.21. The Bertz CT molecular complexity index is 1770. The molecular weight excluding hydrogens is 496 g/mol. The zero-order chi connectivity index (χ0) is 26.0. The fourth-order valence-electron chi connectivity index (χ4n) is 4.16. The number of rotatable bonds is 0. The lowest BCUT2D eigenvalue weighted by Crippen LogP contribution is -1.97. The van der Waals surface area contributed by atoms with E-state index >= 15 is 0 Å². The van der Waals surface area contributed by atoms with Crippen molar-refractivity contribution in [3.8, 4) is 58.0 Å². The summed E-state index contributed by atoms with van der Waals surface area (Å²) in [5, 5.41) is 29.8. The summed E-state index contributed by atoms with van der Waals surface area (Å²) >= 11 is 0. The molecule has 0 fully saturated rings. The molecular formula is C26H16N4O8. The SMILES string of the molecule is Cc1noc2cc3nc(c12)Oc1cc(O)cc(c1)Oc1nc(cc2onc(C)c12)Oc1cc(O)cc(c1)O3. The lowest BCUT2D eigenvalue weighted by molar-refractivity contribution is 0.399. The minimum absolute atomic E-state index is 0.0999. The molecule has 0 amide bonds. The van der Waals surface area contributed by atoms with Gasteiger partial charge in [0.05, 0.1) is 11.4 Å². The minimum atomic E-state index is -0.125. The predicted molar refractivity (Wildman–Crippen MR) is 130 cm³/mol. The second-order valence-corrected chi connectivity index (χ2v) is 8.55. The highest BCUT2D eigenvalue weighted by atomic mass is 16.5. The van der Waals surface area contributed by atoms with E-state index in [9.17, 15) is 10.2 Å². The maximum Gasteiger partial charge on any atom is 0.235 e. The van der Waals surface area contributed by atoms with Gasteiger partial charge in [0.1, 0.15) is 45.3 Å². The maximum atomic E-state index is 10.4. The Labute approximate surface area is 212 Å². The molecule has 0 unspecified atom stereocenters. The smallest absolute Gasteiger partial charge is 0.235 e. The van der Waals surface area contributed by atoms with Gasteiger partial charge in [-0.1, -0.05) is 10.3 Å². The number of hydrogen-bond acceptors (Lipinski definition) is 12.